The molecule has 0 amide bonds. The van der Waals surface area contributed by atoms with E-state index in [1.54, 1.807) is 0 Å². The summed E-state index contributed by atoms with van der Waals surface area (Å²) in [5, 5.41) is 9.00. The molecule has 0 fully saturated rings. The molecule has 0 bridgehead atoms. The summed E-state index contributed by atoms with van der Waals surface area (Å²) in [7, 11) is 2.10. The normalized spacial score (nSPS) is 17.1. The van der Waals surface area contributed by atoms with Crippen LogP contribution in [0.15, 0.2) is 0 Å². The summed E-state index contributed by atoms with van der Waals surface area (Å²) in [4.78, 5) is 2.26. The third kappa shape index (κ3) is 7.30. The second kappa shape index (κ2) is 5.10. The fraction of sp³-hybridized carbons (Fsp3) is 1.00. The minimum atomic E-state index is -0.438. The van der Waals surface area contributed by atoms with E-state index in [-0.39, 0.29) is 6.61 Å². The molecule has 0 aliphatic heterocycles. The van der Waals surface area contributed by atoms with Crippen molar-refractivity contribution in [3.63, 3.8) is 0 Å². The number of rotatable bonds is 5. The molecule has 3 N–H and O–H groups in total. The number of nitrogens with zero attached hydrogens (tertiary/aromatic N) is 1. The number of aliphatic hydroxyl groups is 1. The highest BCUT2D eigenvalue weighted by Gasteiger charge is 2.19. The minimum absolute atomic E-state index is 0.0519. The number of nitrogens with two attached hydrogens (primary N) is 1. The zero-order valence-electron chi connectivity index (χ0n) is 10.3. The lowest BCUT2D eigenvalue weighted by molar-refractivity contribution is 0.167. The average Bonchev–Trinajstić information content (AvgIpc) is 1.98. The van der Waals surface area contributed by atoms with E-state index in [0.717, 1.165) is 19.5 Å². The quantitative estimate of drug-likeness (QED) is 0.701. The zero-order valence-corrected chi connectivity index (χ0v) is 10.3. The van der Waals surface area contributed by atoms with Crippen molar-refractivity contribution in [3.05, 3.63) is 0 Å². The van der Waals surface area contributed by atoms with Crippen LogP contribution in [0.25, 0.3) is 0 Å². The van der Waals surface area contributed by atoms with Gasteiger partial charge in [-0.25, -0.2) is 0 Å². The molecule has 0 saturated heterocycles. The van der Waals surface area contributed by atoms with E-state index in [0.29, 0.717) is 5.41 Å². The van der Waals surface area contributed by atoms with Crippen molar-refractivity contribution in [2.75, 3.05) is 26.7 Å². The van der Waals surface area contributed by atoms with Gasteiger partial charge < -0.3 is 15.7 Å². The topological polar surface area (TPSA) is 49.5 Å². The molecule has 0 heterocycles. The third-order valence-electron chi connectivity index (χ3n) is 2.17. The summed E-state index contributed by atoms with van der Waals surface area (Å²) in [5.41, 5.74) is 5.73. The highest BCUT2D eigenvalue weighted by molar-refractivity contribution is 4.79. The van der Waals surface area contributed by atoms with Crippen molar-refractivity contribution in [1.82, 2.24) is 4.90 Å². The van der Waals surface area contributed by atoms with Crippen LogP contribution in [0, 0.1) is 5.41 Å². The molecule has 1 atom stereocenters. The summed E-state index contributed by atoms with van der Waals surface area (Å²) < 4.78 is 0. The van der Waals surface area contributed by atoms with Crippen molar-refractivity contribution in [1.29, 1.82) is 0 Å². The lowest BCUT2D eigenvalue weighted by Gasteiger charge is -2.29. The summed E-state index contributed by atoms with van der Waals surface area (Å²) in [6.45, 7) is 10.6. The number of hydrogen-bond acceptors (Lipinski definition) is 3. The molecule has 3 nitrogen and oxygen atoms in total. The van der Waals surface area contributed by atoms with E-state index in [1.807, 2.05) is 6.92 Å². The van der Waals surface area contributed by atoms with Crippen LogP contribution in [-0.2, 0) is 0 Å². The lowest BCUT2D eigenvalue weighted by atomic mass is 9.95. The molecule has 14 heavy (non-hydrogen) atoms. The monoisotopic (exact) mass is 202 g/mol. The van der Waals surface area contributed by atoms with Gasteiger partial charge in [-0.2, -0.15) is 0 Å². The molecular weight excluding hydrogens is 176 g/mol. The van der Waals surface area contributed by atoms with Gasteiger partial charge in [0.05, 0.1) is 6.61 Å². The van der Waals surface area contributed by atoms with E-state index < -0.39 is 5.54 Å². The highest BCUT2D eigenvalue weighted by atomic mass is 16.3. The Hall–Kier alpha value is -0.120. The van der Waals surface area contributed by atoms with Gasteiger partial charge in [-0.3, -0.25) is 0 Å². The number of hydrogen-bond donors (Lipinski definition) is 2. The van der Waals surface area contributed by atoms with Crippen molar-refractivity contribution < 1.29 is 5.11 Å². The highest BCUT2D eigenvalue weighted by Crippen LogP contribution is 2.15. The molecule has 0 aromatic heterocycles. The van der Waals surface area contributed by atoms with Crippen LogP contribution in [0.5, 0.6) is 0 Å². The second-order valence-electron chi connectivity index (χ2n) is 5.86. The fourth-order valence-corrected chi connectivity index (χ4v) is 1.41. The predicted molar refractivity (Wildman–Crippen MR) is 61.2 cm³/mol. The van der Waals surface area contributed by atoms with E-state index in [9.17, 15) is 0 Å². The van der Waals surface area contributed by atoms with E-state index in [4.69, 9.17) is 10.8 Å². The molecule has 0 aliphatic carbocycles. The van der Waals surface area contributed by atoms with Crippen LogP contribution >= 0.6 is 0 Å². The molecule has 3 heteroatoms. The van der Waals surface area contributed by atoms with Gasteiger partial charge in [0.15, 0.2) is 0 Å². The smallest absolute Gasteiger partial charge is 0.0608 e. The Kier molecular flexibility index (Phi) is 5.06. The van der Waals surface area contributed by atoms with Gasteiger partial charge in [0.25, 0.3) is 0 Å². The minimum Gasteiger partial charge on any atom is -0.394 e. The van der Waals surface area contributed by atoms with Crippen LogP contribution in [0.1, 0.15) is 34.1 Å². The maximum atomic E-state index is 9.00. The standard InChI is InChI=1S/C11H26N2O/c1-10(2,3)8-13(5)7-6-11(4,12)9-14/h14H,6-9,12H2,1-5H3. The first-order valence-corrected chi connectivity index (χ1v) is 5.25. The van der Waals surface area contributed by atoms with E-state index in [2.05, 4.69) is 32.7 Å². The third-order valence-corrected chi connectivity index (χ3v) is 2.17. The van der Waals surface area contributed by atoms with Gasteiger partial charge in [0.2, 0.25) is 0 Å². The fourth-order valence-electron chi connectivity index (χ4n) is 1.41. The van der Waals surface area contributed by atoms with Gasteiger partial charge in [-0.1, -0.05) is 20.8 Å². The Bertz CT molecular complexity index is 161. The predicted octanol–water partition coefficient (Wildman–Crippen LogP) is 1.06. The summed E-state index contributed by atoms with van der Waals surface area (Å²) >= 11 is 0. The molecule has 0 saturated carbocycles. The molecule has 0 radical (unpaired) electrons. The van der Waals surface area contributed by atoms with E-state index in [1.165, 1.54) is 0 Å². The maximum Gasteiger partial charge on any atom is 0.0608 e. The molecule has 1 unspecified atom stereocenters. The van der Waals surface area contributed by atoms with Crippen molar-refractivity contribution in [2.45, 2.75) is 39.7 Å². The first-order valence-electron chi connectivity index (χ1n) is 5.25. The largest absolute Gasteiger partial charge is 0.394 e. The van der Waals surface area contributed by atoms with Crippen molar-refractivity contribution in [3.8, 4) is 0 Å². The summed E-state index contributed by atoms with van der Waals surface area (Å²) in [6.07, 6.45) is 0.829. The van der Waals surface area contributed by atoms with Crippen LogP contribution in [0.3, 0.4) is 0 Å². The van der Waals surface area contributed by atoms with Crippen molar-refractivity contribution >= 4 is 0 Å². The molecule has 0 spiro atoms. The maximum absolute atomic E-state index is 9.00. The van der Waals surface area contributed by atoms with E-state index >= 15 is 0 Å². The Morgan fingerprint density at radius 1 is 1.21 bits per heavy atom. The first-order chi connectivity index (χ1) is 6.16. The van der Waals surface area contributed by atoms with Gasteiger partial charge in [0.1, 0.15) is 0 Å². The Labute approximate surface area is 88.3 Å². The zero-order chi connectivity index (χ0) is 11.4. The van der Waals surface area contributed by atoms with Gasteiger partial charge >= 0.3 is 0 Å². The molecule has 0 rings (SSSR count). The van der Waals surface area contributed by atoms with Gasteiger partial charge in [-0.05, 0) is 32.4 Å². The van der Waals surface area contributed by atoms with Crippen LogP contribution in [-0.4, -0.2) is 42.3 Å². The van der Waals surface area contributed by atoms with Crippen LogP contribution in [0.4, 0.5) is 0 Å². The van der Waals surface area contributed by atoms with Gasteiger partial charge in [-0.15, -0.1) is 0 Å². The average molecular weight is 202 g/mol. The SMILES string of the molecule is CN(CCC(C)(N)CO)CC(C)(C)C. The van der Waals surface area contributed by atoms with Crippen LogP contribution in [0.2, 0.25) is 0 Å². The Morgan fingerprint density at radius 3 is 2.07 bits per heavy atom. The molecule has 86 valence electrons. The molecule has 0 aromatic rings. The van der Waals surface area contributed by atoms with Crippen LogP contribution < -0.4 is 5.73 Å². The second-order valence-corrected chi connectivity index (χ2v) is 5.86. The lowest BCUT2D eigenvalue weighted by Crippen LogP contribution is -2.43. The van der Waals surface area contributed by atoms with Gasteiger partial charge in [0, 0.05) is 12.1 Å². The molecule has 0 aliphatic rings. The Balaban J connectivity index is 3.80. The van der Waals surface area contributed by atoms with Crippen molar-refractivity contribution in [2.24, 2.45) is 11.1 Å². The number of aliphatic hydroxyl groups excluding tert-OH is 1. The Morgan fingerprint density at radius 2 is 1.71 bits per heavy atom. The molecular formula is C11H26N2O. The summed E-state index contributed by atoms with van der Waals surface area (Å²) in [6, 6.07) is 0. The summed E-state index contributed by atoms with van der Waals surface area (Å²) in [5.74, 6) is 0. The first kappa shape index (κ1) is 13.9. The molecule has 0 aromatic carbocycles.